The van der Waals surface area contributed by atoms with Crippen molar-refractivity contribution in [1.82, 2.24) is 5.32 Å². The largest absolute Gasteiger partial charge is 0.478 e. The molecule has 0 saturated carbocycles. The highest BCUT2D eigenvalue weighted by atomic mass is 32.2. The molecular formula is C17H17NO6S. The van der Waals surface area contributed by atoms with E-state index in [2.05, 4.69) is 5.32 Å². The molecule has 2 N–H and O–H groups in total. The summed E-state index contributed by atoms with van der Waals surface area (Å²) in [5.74, 6) is -1.66. The number of carbonyl (C=O) groups excluding carboxylic acids is 1. The van der Waals surface area contributed by atoms with Crippen molar-refractivity contribution in [2.75, 3.05) is 5.75 Å². The lowest BCUT2D eigenvalue weighted by Crippen LogP contribution is -2.33. The van der Waals surface area contributed by atoms with Crippen LogP contribution in [0.3, 0.4) is 0 Å². The van der Waals surface area contributed by atoms with E-state index in [1.807, 2.05) is 0 Å². The molecule has 0 spiro atoms. The first kappa shape index (κ1) is 17.2. The van der Waals surface area contributed by atoms with Crippen LogP contribution in [0.25, 0.3) is 0 Å². The number of aryl methyl sites for hydroxylation is 1. The van der Waals surface area contributed by atoms with Crippen molar-refractivity contribution in [3.63, 3.8) is 0 Å². The van der Waals surface area contributed by atoms with Crippen molar-refractivity contribution in [3.8, 4) is 0 Å². The number of carboxylic acids is 1. The number of furan rings is 1. The molecule has 1 aliphatic heterocycles. The molecule has 1 unspecified atom stereocenters. The summed E-state index contributed by atoms with van der Waals surface area (Å²) in [4.78, 5) is 23.8. The second-order valence-electron chi connectivity index (χ2n) is 5.78. The lowest BCUT2D eigenvalue weighted by Gasteiger charge is -2.25. The molecule has 0 aliphatic carbocycles. The van der Waals surface area contributed by atoms with Crippen LogP contribution >= 0.6 is 0 Å². The number of hydrogen-bond donors (Lipinski definition) is 2. The highest BCUT2D eigenvalue weighted by Gasteiger charge is 2.31. The summed E-state index contributed by atoms with van der Waals surface area (Å²) in [6.45, 7) is 1.73. The Morgan fingerprint density at radius 3 is 2.68 bits per heavy atom. The maximum Gasteiger partial charge on any atom is 0.339 e. The van der Waals surface area contributed by atoms with Crippen LogP contribution in [0.5, 0.6) is 0 Å². The van der Waals surface area contributed by atoms with E-state index in [1.54, 1.807) is 25.1 Å². The third-order valence-electron chi connectivity index (χ3n) is 4.19. The van der Waals surface area contributed by atoms with Gasteiger partial charge in [-0.25, -0.2) is 13.2 Å². The van der Waals surface area contributed by atoms with Gasteiger partial charge in [0.2, 0.25) is 0 Å². The Labute approximate surface area is 144 Å². The van der Waals surface area contributed by atoms with Crippen LogP contribution in [-0.2, 0) is 16.3 Å². The Morgan fingerprint density at radius 2 is 2.04 bits per heavy atom. The summed E-state index contributed by atoms with van der Waals surface area (Å²) in [5.41, 5.74) is 0.488. The lowest BCUT2D eigenvalue weighted by molar-refractivity contribution is 0.0694. The third-order valence-corrected chi connectivity index (χ3v) is 6.01. The van der Waals surface area contributed by atoms with Gasteiger partial charge in [0.25, 0.3) is 5.91 Å². The zero-order chi connectivity index (χ0) is 18.2. The van der Waals surface area contributed by atoms with Crippen LogP contribution in [0.2, 0.25) is 0 Å². The number of hydrogen-bond acceptors (Lipinski definition) is 5. The van der Waals surface area contributed by atoms with E-state index in [1.165, 1.54) is 12.1 Å². The van der Waals surface area contributed by atoms with Gasteiger partial charge < -0.3 is 14.8 Å². The van der Waals surface area contributed by atoms with Crippen molar-refractivity contribution in [3.05, 3.63) is 53.0 Å². The molecule has 0 bridgehead atoms. The van der Waals surface area contributed by atoms with E-state index >= 15 is 0 Å². The minimum absolute atomic E-state index is 0.0423. The zero-order valence-corrected chi connectivity index (χ0v) is 14.3. The van der Waals surface area contributed by atoms with Crippen LogP contribution in [0, 0.1) is 0 Å². The van der Waals surface area contributed by atoms with Gasteiger partial charge in [0, 0.05) is 12.5 Å². The number of fused-ring (bicyclic) bond motifs is 1. The Morgan fingerprint density at radius 1 is 1.32 bits per heavy atom. The van der Waals surface area contributed by atoms with E-state index in [0.29, 0.717) is 12.0 Å². The van der Waals surface area contributed by atoms with Crippen molar-refractivity contribution in [2.45, 2.75) is 30.7 Å². The van der Waals surface area contributed by atoms with Gasteiger partial charge in [0.1, 0.15) is 11.3 Å². The summed E-state index contributed by atoms with van der Waals surface area (Å²) < 4.78 is 29.6. The first-order valence-corrected chi connectivity index (χ1v) is 9.47. The van der Waals surface area contributed by atoms with Gasteiger partial charge in [-0.15, -0.1) is 0 Å². The monoisotopic (exact) mass is 363 g/mol. The van der Waals surface area contributed by atoms with Crippen LogP contribution in [0.4, 0.5) is 0 Å². The summed E-state index contributed by atoms with van der Waals surface area (Å²) >= 11 is 0. The molecule has 0 radical (unpaired) electrons. The molecule has 0 fully saturated rings. The van der Waals surface area contributed by atoms with E-state index in [9.17, 15) is 18.0 Å². The molecule has 25 heavy (non-hydrogen) atoms. The number of carboxylic acid groups (broad SMARTS) is 1. The molecule has 1 amide bonds. The molecule has 1 aromatic heterocycles. The second kappa shape index (κ2) is 6.36. The Bertz CT molecular complexity index is 944. The SMILES string of the molecule is CCc1oc(C(=O)NC2CCS(=O)(=O)c3ccccc32)cc1C(=O)O. The third kappa shape index (κ3) is 3.17. The molecule has 0 saturated heterocycles. The van der Waals surface area contributed by atoms with Gasteiger partial charge in [-0.05, 0) is 18.1 Å². The molecule has 132 valence electrons. The number of sulfone groups is 1. The highest BCUT2D eigenvalue weighted by molar-refractivity contribution is 7.91. The number of amides is 1. The van der Waals surface area contributed by atoms with Crippen LogP contribution < -0.4 is 5.32 Å². The van der Waals surface area contributed by atoms with Crippen molar-refractivity contribution >= 4 is 21.7 Å². The van der Waals surface area contributed by atoms with Gasteiger partial charge in [0.05, 0.1) is 16.7 Å². The lowest BCUT2D eigenvalue weighted by atomic mass is 10.0. The maximum atomic E-state index is 12.4. The summed E-state index contributed by atoms with van der Waals surface area (Å²) in [6.07, 6.45) is 0.595. The fourth-order valence-electron chi connectivity index (χ4n) is 2.95. The molecule has 2 aromatic rings. The van der Waals surface area contributed by atoms with Gasteiger partial charge in [-0.3, -0.25) is 4.79 Å². The summed E-state index contributed by atoms with van der Waals surface area (Å²) in [6, 6.07) is 7.26. The normalized spacial score (nSPS) is 18.4. The van der Waals surface area contributed by atoms with Crippen LogP contribution in [0.1, 0.15) is 51.6 Å². The summed E-state index contributed by atoms with van der Waals surface area (Å²) in [5, 5.41) is 11.9. The Balaban J connectivity index is 1.88. The second-order valence-corrected chi connectivity index (χ2v) is 7.86. The van der Waals surface area contributed by atoms with Crippen LogP contribution in [0.15, 0.2) is 39.6 Å². The predicted molar refractivity (Wildman–Crippen MR) is 88.4 cm³/mol. The molecule has 1 atom stereocenters. The predicted octanol–water partition coefficient (Wildman–Crippen LogP) is 2.19. The van der Waals surface area contributed by atoms with Crippen molar-refractivity contribution in [2.24, 2.45) is 0 Å². The van der Waals surface area contributed by atoms with E-state index < -0.39 is 27.8 Å². The quantitative estimate of drug-likeness (QED) is 0.861. The van der Waals surface area contributed by atoms with Gasteiger partial charge >= 0.3 is 5.97 Å². The highest BCUT2D eigenvalue weighted by Crippen LogP contribution is 2.32. The molecule has 1 aliphatic rings. The molecule has 8 heteroatoms. The first-order valence-electron chi connectivity index (χ1n) is 7.82. The average molecular weight is 363 g/mol. The van der Waals surface area contributed by atoms with E-state index in [4.69, 9.17) is 9.52 Å². The van der Waals surface area contributed by atoms with E-state index in [0.717, 1.165) is 0 Å². The fourth-order valence-corrected chi connectivity index (χ4v) is 4.57. The number of rotatable bonds is 4. The number of nitrogens with one attached hydrogen (secondary N) is 1. The van der Waals surface area contributed by atoms with Crippen LogP contribution in [-0.4, -0.2) is 31.2 Å². The fraction of sp³-hybridized carbons (Fsp3) is 0.294. The number of carbonyl (C=O) groups is 2. The molecular weight excluding hydrogens is 346 g/mol. The van der Waals surface area contributed by atoms with Crippen molar-refractivity contribution < 1.29 is 27.5 Å². The molecule has 1 aromatic carbocycles. The smallest absolute Gasteiger partial charge is 0.339 e. The Hall–Kier alpha value is -2.61. The van der Waals surface area contributed by atoms with E-state index in [-0.39, 0.29) is 34.2 Å². The van der Waals surface area contributed by atoms with Gasteiger partial charge in [-0.2, -0.15) is 0 Å². The minimum Gasteiger partial charge on any atom is -0.478 e. The topological polar surface area (TPSA) is 114 Å². The van der Waals surface area contributed by atoms with Crippen molar-refractivity contribution in [1.29, 1.82) is 0 Å². The zero-order valence-electron chi connectivity index (χ0n) is 13.5. The minimum atomic E-state index is -3.35. The first-order chi connectivity index (χ1) is 11.8. The standard InChI is InChI=1S/C17H17NO6S/c1-2-13-11(17(20)21)9-14(24-13)16(19)18-12-7-8-25(22,23)15-6-4-3-5-10(12)15/h3-6,9,12H,2,7-8H2,1H3,(H,18,19)(H,20,21). The molecule has 7 nitrogen and oxygen atoms in total. The molecule has 3 rings (SSSR count). The van der Waals surface area contributed by atoms with Gasteiger partial charge in [-0.1, -0.05) is 25.1 Å². The molecule has 2 heterocycles. The van der Waals surface area contributed by atoms with Gasteiger partial charge in [0.15, 0.2) is 15.6 Å². The Kier molecular flexibility index (Phi) is 4.38. The summed E-state index contributed by atoms with van der Waals surface area (Å²) in [7, 11) is -3.35. The number of aromatic carboxylic acids is 1. The maximum absolute atomic E-state index is 12.4. The average Bonchev–Trinajstić information content (AvgIpc) is 3.02. The number of benzene rings is 1.